The van der Waals surface area contributed by atoms with Crippen LogP contribution < -0.4 is 0 Å². The van der Waals surface area contributed by atoms with Crippen molar-refractivity contribution < 1.29 is 0 Å². The van der Waals surface area contributed by atoms with Gasteiger partial charge in [0, 0.05) is 11.5 Å². The van der Waals surface area contributed by atoms with Crippen LogP contribution in [0, 0.1) is 6.26 Å². The third kappa shape index (κ3) is 1.77. The van der Waals surface area contributed by atoms with Crippen molar-refractivity contribution in [2.24, 2.45) is 0 Å². The zero-order chi connectivity index (χ0) is 7.40. The molecule has 1 aromatic carbocycles. The Kier molecular flexibility index (Phi) is 2.82. The third-order valence-corrected chi connectivity index (χ3v) is 2.15. The maximum absolute atomic E-state index is 5.42. The van der Waals surface area contributed by atoms with Crippen LogP contribution in [0.15, 0.2) is 30.3 Å². The first-order valence-electron chi connectivity index (χ1n) is 3.25. The number of hydrogen-bond donors (Lipinski definition) is 0. The van der Waals surface area contributed by atoms with Crippen LogP contribution in [0.3, 0.4) is 0 Å². The summed E-state index contributed by atoms with van der Waals surface area (Å²) in [6.07, 6.45) is 5.42. The topological polar surface area (TPSA) is 0 Å². The van der Waals surface area contributed by atoms with Gasteiger partial charge in [0.1, 0.15) is 0 Å². The van der Waals surface area contributed by atoms with Gasteiger partial charge in [-0.2, -0.15) is 0 Å². The lowest BCUT2D eigenvalue weighted by Crippen LogP contribution is -1.83. The molecule has 1 aromatic rings. The van der Waals surface area contributed by atoms with Gasteiger partial charge >= 0.3 is 0 Å². The normalized spacial score (nSPS) is 13.0. The van der Waals surface area contributed by atoms with E-state index in [0.717, 1.165) is 0 Å². The van der Waals surface area contributed by atoms with Crippen LogP contribution >= 0.6 is 11.8 Å². The van der Waals surface area contributed by atoms with Crippen molar-refractivity contribution >= 4 is 11.8 Å². The standard InChI is InChI=1S/C9H10S/c1-8(10-2)9-6-4-3-5-7-9/h2-8H,1H3. The highest BCUT2D eigenvalue weighted by molar-refractivity contribution is 8.00. The van der Waals surface area contributed by atoms with Gasteiger partial charge < -0.3 is 0 Å². The molecule has 1 rings (SSSR count). The fourth-order valence-corrected chi connectivity index (χ4v) is 1.12. The summed E-state index contributed by atoms with van der Waals surface area (Å²) in [4.78, 5) is 0. The predicted octanol–water partition coefficient (Wildman–Crippen LogP) is 3.15. The van der Waals surface area contributed by atoms with E-state index < -0.39 is 0 Å². The van der Waals surface area contributed by atoms with Crippen LogP contribution in [-0.4, -0.2) is 0 Å². The van der Waals surface area contributed by atoms with Crippen molar-refractivity contribution in [2.45, 2.75) is 12.2 Å². The number of thioether (sulfide) groups is 1. The average Bonchev–Trinajstić information content (AvgIpc) is 2.05. The van der Waals surface area contributed by atoms with Crippen LogP contribution in [0.2, 0.25) is 0 Å². The summed E-state index contributed by atoms with van der Waals surface area (Å²) in [7, 11) is 0. The quantitative estimate of drug-likeness (QED) is 0.624. The first-order valence-corrected chi connectivity index (χ1v) is 4.19. The Morgan fingerprint density at radius 3 is 2.40 bits per heavy atom. The molecule has 0 heterocycles. The number of benzene rings is 1. The van der Waals surface area contributed by atoms with Gasteiger partial charge in [-0.15, -0.1) is 11.8 Å². The highest BCUT2D eigenvalue weighted by Gasteiger charge is 1.99. The van der Waals surface area contributed by atoms with Gasteiger partial charge in [0.2, 0.25) is 0 Å². The molecule has 0 aromatic heterocycles. The molecule has 10 heavy (non-hydrogen) atoms. The smallest absolute Gasteiger partial charge is 0.0314 e. The summed E-state index contributed by atoms with van der Waals surface area (Å²) in [5.41, 5.74) is 1.29. The molecule has 0 aliphatic carbocycles. The highest BCUT2D eigenvalue weighted by atomic mass is 32.2. The van der Waals surface area contributed by atoms with E-state index in [1.165, 1.54) is 17.3 Å². The monoisotopic (exact) mass is 150 g/mol. The Bertz CT molecular complexity index is 181. The first-order chi connectivity index (χ1) is 4.84. The van der Waals surface area contributed by atoms with Crippen LogP contribution in [0.1, 0.15) is 17.7 Å². The van der Waals surface area contributed by atoms with Crippen molar-refractivity contribution in [1.29, 1.82) is 0 Å². The first kappa shape index (κ1) is 7.67. The summed E-state index contributed by atoms with van der Waals surface area (Å²) in [5.74, 6) is 0. The summed E-state index contributed by atoms with van der Waals surface area (Å²) in [5, 5.41) is 0.404. The molecule has 2 radical (unpaired) electrons. The summed E-state index contributed by atoms with van der Waals surface area (Å²) in [6.45, 7) is 2.10. The van der Waals surface area contributed by atoms with Crippen molar-refractivity contribution in [3.63, 3.8) is 0 Å². The minimum atomic E-state index is 0.404. The van der Waals surface area contributed by atoms with Crippen molar-refractivity contribution in [1.82, 2.24) is 0 Å². The van der Waals surface area contributed by atoms with E-state index >= 15 is 0 Å². The summed E-state index contributed by atoms with van der Waals surface area (Å²) < 4.78 is 0. The van der Waals surface area contributed by atoms with Crippen molar-refractivity contribution in [3.05, 3.63) is 42.2 Å². The second kappa shape index (κ2) is 3.67. The zero-order valence-electron chi connectivity index (χ0n) is 5.95. The fourth-order valence-electron chi connectivity index (χ4n) is 0.803. The maximum atomic E-state index is 5.42. The van der Waals surface area contributed by atoms with Crippen LogP contribution in [0.25, 0.3) is 0 Å². The number of rotatable bonds is 2. The Balaban J connectivity index is 2.75. The summed E-state index contributed by atoms with van der Waals surface area (Å²) in [6, 6.07) is 10.2. The van der Waals surface area contributed by atoms with Crippen LogP contribution in [0.5, 0.6) is 0 Å². The zero-order valence-corrected chi connectivity index (χ0v) is 6.77. The van der Waals surface area contributed by atoms with E-state index in [2.05, 4.69) is 19.1 Å². The van der Waals surface area contributed by atoms with E-state index in [-0.39, 0.29) is 0 Å². The minimum Gasteiger partial charge on any atom is -0.148 e. The van der Waals surface area contributed by atoms with Gasteiger partial charge in [-0.3, -0.25) is 0 Å². The second-order valence-electron chi connectivity index (χ2n) is 2.19. The molecule has 1 unspecified atom stereocenters. The number of hydrogen-bond acceptors (Lipinski definition) is 1. The lowest BCUT2D eigenvalue weighted by Gasteiger charge is -2.06. The van der Waals surface area contributed by atoms with E-state index in [0.29, 0.717) is 5.25 Å². The maximum Gasteiger partial charge on any atom is 0.0314 e. The Hall–Kier alpha value is -0.430. The molecule has 0 aliphatic heterocycles. The van der Waals surface area contributed by atoms with Crippen molar-refractivity contribution in [2.75, 3.05) is 0 Å². The molecule has 1 heteroatoms. The van der Waals surface area contributed by atoms with Gasteiger partial charge in [-0.25, -0.2) is 0 Å². The van der Waals surface area contributed by atoms with Crippen LogP contribution in [0.4, 0.5) is 0 Å². The molecular weight excluding hydrogens is 140 g/mol. The molecule has 0 fully saturated rings. The SMILES string of the molecule is [CH]SC(C)c1ccccc1. The average molecular weight is 150 g/mol. The molecule has 0 amide bonds. The third-order valence-electron chi connectivity index (χ3n) is 1.47. The highest BCUT2D eigenvalue weighted by Crippen LogP contribution is 2.25. The molecule has 0 N–H and O–H groups in total. The van der Waals surface area contributed by atoms with Gasteiger partial charge in [0.05, 0.1) is 0 Å². The lowest BCUT2D eigenvalue weighted by molar-refractivity contribution is 1.11. The van der Waals surface area contributed by atoms with Gasteiger partial charge in [0.25, 0.3) is 0 Å². The van der Waals surface area contributed by atoms with E-state index in [1.807, 2.05) is 18.2 Å². The molecule has 0 saturated heterocycles. The largest absolute Gasteiger partial charge is 0.148 e. The molecule has 0 nitrogen and oxygen atoms in total. The molecule has 0 saturated carbocycles. The van der Waals surface area contributed by atoms with E-state index in [4.69, 9.17) is 6.26 Å². The summed E-state index contributed by atoms with van der Waals surface area (Å²) >= 11 is 1.38. The fraction of sp³-hybridized carbons (Fsp3) is 0.222. The lowest BCUT2D eigenvalue weighted by atomic mass is 10.2. The van der Waals surface area contributed by atoms with Gasteiger partial charge in [0.15, 0.2) is 0 Å². The molecular formula is C9H10S. The van der Waals surface area contributed by atoms with Gasteiger partial charge in [-0.05, 0) is 12.5 Å². The molecule has 0 spiro atoms. The molecule has 0 bridgehead atoms. The Labute approximate surface area is 66.6 Å². The minimum absolute atomic E-state index is 0.404. The molecule has 52 valence electrons. The second-order valence-corrected chi connectivity index (χ2v) is 3.17. The molecule has 0 aliphatic rings. The molecule has 1 atom stereocenters. The van der Waals surface area contributed by atoms with Gasteiger partial charge in [-0.1, -0.05) is 30.3 Å². The Morgan fingerprint density at radius 1 is 1.30 bits per heavy atom. The Morgan fingerprint density at radius 2 is 1.90 bits per heavy atom. The van der Waals surface area contributed by atoms with Crippen molar-refractivity contribution in [3.8, 4) is 0 Å². The van der Waals surface area contributed by atoms with E-state index in [1.54, 1.807) is 0 Å². The van der Waals surface area contributed by atoms with E-state index in [9.17, 15) is 0 Å². The predicted molar refractivity (Wildman–Crippen MR) is 46.7 cm³/mol. The van der Waals surface area contributed by atoms with Crippen LogP contribution in [-0.2, 0) is 0 Å².